The smallest absolute Gasteiger partial charge is 0.430 e. The molecule has 0 aliphatic heterocycles. The largest absolute Gasteiger partial charge is 0.442 e. The summed E-state index contributed by atoms with van der Waals surface area (Å²) in [5.41, 5.74) is -0.0582. The molecular formula is C15H22N6O2. The van der Waals surface area contributed by atoms with Gasteiger partial charge in [-0.25, -0.2) is 15.6 Å². The lowest BCUT2D eigenvalue weighted by molar-refractivity contribution is 0.0579. The number of hydrazine groups is 1. The van der Waals surface area contributed by atoms with Gasteiger partial charge in [0.25, 0.3) is 0 Å². The molecule has 8 nitrogen and oxygen atoms in total. The van der Waals surface area contributed by atoms with E-state index in [1.165, 1.54) is 0 Å². The standard InChI is InChI=1S/C15H22N6O2/c1-10(2)20-9-17-19-13(20)11-7-6-8-12(18-11)21(16)14(22)23-15(3,4)5/h6-10H,16H2,1-5H3. The van der Waals surface area contributed by atoms with Gasteiger partial charge in [-0.15, -0.1) is 10.2 Å². The zero-order chi connectivity index (χ0) is 17.2. The normalized spacial score (nSPS) is 11.6. The van der Waals surface area contributed by atoms with Crippen LogP contribution in [0.2, 0.25) is 0 Å². The number of nitrogens with two attached hydrogens (primary N) is 1. The van der Waals surface area contributed by atoms with Crippen molar-refractivity contribution < 1.29 is 9.53 Å². The van der Waals surface area contributed by atoms with Gasteiger partial charge in [0.05, 0.1) is 0 Å². The number of ether oxygens (including phenoxy) is 1. The van der Waals surface area contributed by atoms with E-state index in [-0.39, 0.29) is 11.9 Å². The van der Waals surface area contributed by atoms with Gasteiger partial charge >= 0.3 is 6.09 Å². The minimum absolute atomic E-state index is 0.185. The summed E-state index contributed by atoms with van der Waals surface area (Å²) in [5.74, 6) is 6.70. The maximum atomic E-state index is 12.0. The molecule has 0 radical (unpaired) electrons. The van der Waals surface area contributed by atoms with Gasteiger partial charge < -0.3 is 9.30 Å². The van der Waals surface area contributed by atoms with E-state index in [1.807, 2.05) is 18.4 Å². The van der Waals surface area contributed by atoms with Gasteiger partial charge in [0.15, 0.2) is 11.6 Å². The lowest BCUT2D eigenvalue weighted by Crippen LogP contribution is -2.42. The van der Waals surface area contributed by atoms with Crippen LogP contribution < -0.4 is 10.9 Å². The summed E-state index contributed by atoms with van der Waals surface area (Å²) in [7, 11) is 0. The predicted molar refractivity (Wildman–Crippen MR) is 86.5 cm³/mol. The number of hydrogen-bond donors (Lipinski definition) is 1. The minimum atomic E-state index is -0.674. The van der Waals surface area contributed by atoms with Crippen LogP contribution in [0.1, 0.15) is 40.7 Å². The topological polar surface area (TPSA) is 99.2 Å². The Morgan fingerprint density at radius 3 is 2.65 bits per heavy atom. The van der Waals surface area contributed by atoms with Gasteiger partial charge in [0.1, 0.15) is 17.6 Å². The molecule has 0 fully saturated rings. The maximum absolute atomic E-state index is 12.0. The molecule has 0 bridgehead atoms. The molecule has 8 heteroatoms. The molecule has 124 valence electrons. The summed E-state index contributed by atoms with van der Waals surface area (Å²) in [6, 6.07) is 5.35. The van der Waals surface area contributed by atoms with E-state index < -0.39 is 11.7 Å². The first-order valence-electron chi connectivity index (χ1n) is 7.34. The van der Waals surface area contributed by atoms with Crippen LogP contribution in [0.25, 0.3) is 11.5 Å². The van der Waals surface area contributed by atoms with Crippen molar-refractivity contribution in [1.29, 1.82) is 0 Å². The summed E-state index contributed by atoms with van der Waals surface area (Å²) >= 11 is 0. The Morgan fingerprint density at radius 2 is 2.04 bits per heavy atom. The molecule has 0 atom stereocenters. The van der Waals surface area contributed by atoms with E-state index in [4.69, 9.17) is 10.6 Å². The summed E-state index contributed by atoms with van der Waals surface area (Å²) < 4.78 is 7.12. The first-order valence-corrected chi connectivity index (χ1v) is 7.34. The highest BCUT2D eigenvalue weighted by Gasteiger charge is 2.22. The molecule has 23 heavy (non-hydrogen) atoms. The highest BCUT2D eigenvalue weighted by molar-refractivity contribution is 5.85. The predicted octanol–water partition coefficient (Wildman–Crippen LogP) is 2.54. The summed E-state index contributed by atoms with van der Waals surface area (Å²) in [6.07, 6.45) is 0.968. The van der Waals surface area contributed by atoms with Gasteiger partial charge in [-0.3, -0.25) is 0 Å². The Hall–Kier alpha value is -2.48. The molecule has 0 spiro atoms. The Bertz CT molecular complexity index is 689. The monoisotopic (exact) mass is 318 g/mol. The van der Waals surface area contributed by atoms with Crippen molar-refractivity contribution in [3.8, 4) is 11.5 Å². The lowest BCUT2D eigenvalue weighted by Gasteiger charge is -2.23. The Balaban J connectivity index is 2.29. The number of carbonyl (C=O) groups excluding carboxylic acids is 1. The van der Waals surface area contributed by atoms with Crippen molar-refractivity contribution >= 4 is 11.9 Å². The zero-order valence-corrected chi connectivity index (χ0v) is 14.0. The van der Waals surface area contributed by atoms with E-state index in [2.05, 4.69) is 15.2 Å². The van der Waals surface area contributed by atoms with E-state index in [9.17, 15) is 4.79 Å². The van der Waals surface area contributed by atoms with Gasteiger partial charge in [-0.2, -0.15) is 5.01 Å². The van der Waals surface area contributed by atoms with Gasteiger partial charge in [0.2, 0.25) is 0 Å². The van der Waals surface area contributed by atoms with Gasteiger partial charge in [-0.1, -0.05) is 6.07 Å². The van der Waals surface area contributed by atoms with E-state index >= 15 is 0 Å². The third-order valence-corrected chi connectivity index (χ3v) is 2.93. The van der Waals surface area contributed by atoms with Crippen molar-refractivity contribution in [2.45, 2.75) is 46.3 Å². The number of rotatable bonds is 3. The number of pyridine rings is 1. The molecule has 2 aromatic rings. The molecular weight excluding hydrogens is 296 g/mol. The first-order chi connectivity index (χ1) is 10.7. The fourth-order valence-corrected chi connectivity index (χ4v) is 1.89. The number of aromatic nitrogens is 4. The Morgan fingerprint density at radius 1 is 1.35 bits per heavy atom. The molecule has 0 unspecified atom stereocenters. The van der Waals surface area contributed by atoms with Crippen LogP contribution in [0.15, 0.2) is 24.5 Å². The van der Waals surface area contributed by atoms with E-state index in [1.54, 1.807) is 45.3 Å². The van der Waals surface area contributed by atoms with Gasteiger partial charge in [0, 0.05) is 6.04 Å². The highest BCUT2D eigenvalue weighted by atomic mass is 16.6. The second-order valence-electron chi connectivity index (χ2n) is 6.39. The average Bonchev–Trinajstić information content (AvgIpc) is 2.94. The molecule has 0 aromatic carbocycles. The third-order valence-electron chi connectivity index (χ3n) is 2.93. The van der Waals surface area contributed by atoms with Crippen molar-refractivity contribution in [3.63, 3.8) is 0 Å². The fourth-order valence-electron chi connectivity index (χ4n) is 1.89. The molecule has 2 rings (SSSR count). The summed E-state index contributed by atoms with van der Waals surface area (Å²) in [4.78, 5) is 16.4. The Kier molecular flexibility index (Phi) is 4.65. The second kappa shape index (κ2) is 6.33. The third kappa shape index (κ3) is 4.04. The summed E-state index contributed by atoms with van der Waals surface area (Å²) in [5, 5.41) is 8.88. The average molecular weight is 318 g/mol. The Labute approximate surface area is 135 Å². The fraction of sp³-hybridized carbons (Fsp3) is 0.467. The molecule has 0 aliphatic carbocycles. The second-order valence-corrected chi connectivity index (χ2v) is 6.39. The quantitative estimate of drug-likeness (QED) is 0.530. The molecule has 1 amide bonds. The molecule has 2 N–H and O–H groups in total. The van der Waals surface area contributed by atoms with Crippen molar-refractivity contribution in [3.05, 3.63) is 24.5 Å². The molecule has 0 saturated carbocycles. The molecule has 0 saturated heterocycles. The van der Waals surface area contributed by atoms with Crippen molar-refractivity contribution in [2.24, 2.45) is 5.84 Å². The number of amides is 1. The molecule has 2 aromatic heterocycles. The number of nitrogens with zero attached hydrogens (tertiary/aromatic N) is 5. The zero-order valence-electron chi connectivity index (χ0n) is 14.0. The first kappa shape index (κ1) is 16.9. The minimum Gasteiger partial charge on any atom is -0.442 e. The molecule has 0 aliphatic rings. The number of hydrogen-bond acceptors (Lipinski definition) is 6. The van der Waals surface area contributed by atoms with E-state index in [0.29, 0.717) is 11.5 Å². The van der Waals surface area contributed by atoms with Crippen LogP contribution in [0, 0.1) is 0 Å². The van der Waals surface area contributed by atoms with Crippen LogP contribution in [-0.2, 0) is 4.74 Å². The van der Waals surface area contributed by atoms with Gasteiger partial charge in [-0.05, 0) is 46.8 Å². The summed E-state index contributed by atoms with van der Waals surface area (Å²) in [6.45, 7) is 9.36. The van der Waals surface area contributed by atoms with Crippen LogP contribution in [-0.4, -0.2) is 31.4 Å². The lowest BCUT2D eigenvalue weighted by atomic mass is 10.2. The maximum Gasteiger partial charge on any atom is 0.430 e. The van der Waals surface area contributed by atoms with Crippen LogP contribution in [0.5, 0.6) is 0 Å². The molecule has 2 heterocycles. The van der Waals surface area contributed by atoms with Crippen LogP contribution in [0.3, 0.4) is 0 Å². The SMILES string of the molecule is CC(C)n1cnnc1-c1cccc(N(N)C(=O)OC(C)(C)C)n1. The van der Waals surface area contributed by atoms with Crippen molar-refractivity contribution in [1.82, 2.24) is 19.7 Å². The van der Waals surface area contributed by atoms with Crippen LogP contribution >= 0.6 is 0 Å². The van der Waals surface area contributed by atoms with Crippen LogP contribution in [0.4, 0.5) is 10.6 Å². The highest BCUT2D eigenvalue weighted by Crippen LogP contribution is 2.21. The van der Waals surface area contributed by atoms with E-state index in [0.717, 1.165) is 5.01 Å². The number of carbonyl (C=O) groups is 1. The van der Waals surface area contributed by atoms with Crippen molar-refractivity contribution in [2.75, 3.05) is 5.01 Å². The number of anilines is 1.